The predicted molar refractivity (Wildman–Crippen MR) is 106 cm³/mol. The second kappa shape index (κ2) is 7.32. The highest BCUT2D eigenvalue weighted by Gasteiger charge is 2.19. The summed E-state index contributed by atoms with van der Waals surface area (Å²) in [4.78, 5) is 20.4. The molecule has 6 nitrogen and oxygen atoms in total. The summed E-state index contributed by atoms with van der Waals surface area (Å²) in [5, 5.41) is 22.1. The van der Waals surface area contributed by atoms with Crippen LogP contribution >= 0.6 is 0 Å². The van der Waals surface area contributed by atoms with Gasteiger partial charge in [0.15, 0.2) is 5.82 Å². The summed E-state index contributed by atoms with van der Waals surface area (Å²) < 4.78 is 0. The highest BCUT2D eigenvalue weighted by atomic mass is 16.4. The number of carbonyl (C=O) groups is 1. The second-order valence-electron chi connectivity index (χ2n) is 7.46. The Morgan fingerprint density at radius 1 is 1.07 bits per heavy atom. The molecule has 0 amide bonds. The van der Waals surface area contributed by atoms with Gasteiger partial charge in [0.05, 0.1) is 12.1 Å². The number of aromatic nitrogens is 2. The van der Waals surface area contributed by atoms with Gasteiger partial charge in [-0.1, -0.05) is 57.2 Å². The van der Waals surface area contributed by atoms with E-state index in [1.165, 1.54) is 5.56 Å². The number of para-hydroxylation sites is 1. The third kappa shape index (κ3) is 4.06. The molecule has 0 aliphatic heterocycles. The lowest BCUT2D eigenvalue weighted by atomic mass is 9.87. The first-order chi connectivity index (χ1) is 12.8. The summed E-state index contributed by atoms with van der Waals surface area (Å²) in [6, 6.07) is 14.3. The van der Waals surface area contributed by atoms with Crippen LogP contribution in [-0.2, 0) is 10.2 Å². The number of aliphatic hydroxyl groups excluding tert-OH is 1. The number of nitrogens with one attached hydrogen (secondary N) is 1. The molecular weight excluding hydrogens is 342 g/mol. The Labute approximate surface area is 157 Å². The van der Waals surface area contributed by atoms with Gasteiger partial charge >= 0.3 is 5.97 Å². The summed E-state index contributed by atoms with van der Waals surface area (Å²) in [6.07, 6.45) is 0. The minimum Gasteiger partial charge on any atom is -0.480 e. The van der Waals surface area contributed by atoms with Crippen molar-refractivity contribution in [1.29, 1.82) is 0 Å². The maximum absolute atomic E-state index is 11.3. The van der Waals surface area contributed by atoms with Crippen molar-refractivity contribution in [3.63, 3.8) is 0 Å². The number of anilines is 1. The van der Waals surface area contributed by atoms with E-state index in [0.717, 1.165) is 5.56 Å². The van der Waals surface area contributed by atoms with Gasteiger partial charge < -0.3 is 15.5 Å². The number of carboxylic acid groups (broad SMARTS) is 1. The number of aliphatic carboxylic acids is 1. The van der Waals surface area contributed by atoms with E-state index >= 15 is 0 Å². The van der Waals surface area contributed by atoms with Crippen molar-refractivity contribution in [1.82, 2.24) is 9.97 Å². The van der Waals surface area contributed by atoms with E-state index in [9.17, 15) is 15.0 Å². The van der Waals surface area contributed by atoms with Crippen LogP contribution in [-0.4, -0.2) is 38.8 Å². The van der Waals surface area contributed by atoms with Crippen LogP contribution in [0.2, 0.25) is 0 Å². The van der Waals surface area contributed by atoms with Gasteiger partial charge in [-0.25, -0.2) is 14.8 Å². The van der Waals surface area contributed by atoms with Crippen molar-refractivity contribution in [3.8, 4) is 11.4 Å². The molecule has 3 aromatic rings. The van der Waals surface area contributed by atoms with Gasteiger partial charge in [0.1, 0.15) is 11.9 Å². The van der Waals surface area contributed by atoms with Crippen LogP contribution in [0.5, 0.6) is 0 Å². The first-order valence-corrected chi connectivity index (χ1v) is 8.77. The molecule has 140 valence electrons. The van der Waals surface area contributed by atoms with Gasteiger partial charge in [0.25, 0.3) is 0 Å². The Kier molecular flexibility index (Phi) is 5.10. The normalized spacial score (nSPS) is 12.7. The molecule has 3 N–H and O–H groups in total. The fraction of sp³-hybridized carbons (Fsp3) is 0.286. The zero-order valence-corrected chi connectivity index (χ0v) is 15.6. The van der Waals surface area contributed by atoms with Gasteiger partial charge in [-0.2, -0.15) is 0 Å². The molecule has 1 aromatic heterocycles. The first kappa shape index (κ1) is 18.8. The third-order valence-electron chi connectivity index (χ3n) is 4.40. The number of carboxylic acids is 1. The van der Waals surface area contributed by atoms with Crippen molar-refractivity contribution >= 4 is 22.7 Å². The van der Waals surface area contributed by atoms with Crippen LogP contribution in [0.1, 0.15) is 26.3 Å². The van der Waals surface area contributed by atoms with E-state index in [4.69, 9.17) is 0 Å². The van der Waals surface area contributed by atoms with E-state index in [1.807, 2.05) is 36.4 Å². The topological polar surface area (TPSA) is 95.3 Å². The highest BCUT2D eigenvalue weighted by Crippen LogP contribution is 2.28. The van der Waals surface area contributed by atoms with Crippen LogP contribution in [0.25, 0.3) is 22.3 Å². The molecule has 27 heavy (non-hydrogen) atoms. The number of aliphatic hydroxyl groups is 1. The fourth-order valence-corrected chi connectivity index (χ4v) is 2.79. The number of hydrogen-bond donors (Lipinski definition) is 3. The minimum atomic E-state index is -1.14. The van der Waals surface area contributed by atoms with Gasteiger partial charge in [-0.3, -0.25) is 0 Å². The van der Waals surface area contributed by atoms with Gasteiger partial charge in [0, 0.05) is 10.9 Å². The molecule has 0 spiro atoms. The Hall–Kier alpha value is -2.99. The number of nitrogens with zero attached hydrogens (tertiary/aromatic N) is 2. The maximum Gasteiger partial charge on any atom is 0.328 e. The molecule has 6 heteroatoms. The second-order valence-corrected chi connectivity index (χ2v) is 7.46. The molecule has 0 unspecified atom stereocenters. The molecule has 1 heterocycles. The summed E-state index contributed by atoms with van der Waals surface area (Å²) >= 11 is 0. The van der Waals surface area contributed by atoms with E-state index < -0.39 is 18.6 Å². The SMILES string of the molecule is CC(C)(C)c1ccc(-c2nc(N[C@@H](CO)C(=O)O)c3ccccc3n2)cc1. The molecule has 0 radical (unpaired) electrons. The highest BCUT2D eigenvalue weighted by molar-refractivity contribution is 5.92. The van der Waals surface area contributed by atoms with E-state index in [-0.39, 0.29) is 5.41 Å². The molecule has 0 saturated carbocycles. The van der Waals surface area contributed by atoms with Crippen LogP contribution in [0.3, 0.4) is 0 Å². The molecule has 1 atom stereocenters. The number of fused-ring (bicyclic) bond motifs is 1. The molecule has 0 fully saturated rings. The zero-order chi connectivity index (χ0) is 19.6. The summed E-state index contributed by atoms with van der Waals surface area (Å²) in [5.41, 5.74) is 2.79. The number of benzene rings is 2. The lowest BCUT2D eigenvalue weighted by Gasteiger charge is -2.19. The molecule has 0 bridgehead atoms. The van der Waals surface area contributed by atoms with Gasteiger partial charge in [0.2, 0.25) is 0 Å². The van der Waals surface area contributed by atoms with E-state index in [0.29, 0.717) is 22.5 Å². The fourth-order valence-electron chi connectivity index (χ4n) is 2.79. The van der Waals surface area contributed by atoms with Crippen molar-refractivity contribution < 1.29 is 15.0 Å². The Bertz CT molecular complexity index is 963. The zero-order valence-electron chi connectivity index (χ0n) is 15.6. The number of hydrogen-bond acceptors (Lipinski definition) is 5. The summed E-state index contributed by atoms with van der Waals surface area (Å²) in [6.45, 7) is 5.91. The van der Waals surface area contributed by atoms with Gasteiger partial charge in [-0.15, -0.1) is 0 Å². The largest absolute Gasteiger partial charge is 0.480 e. The molecular formula is C21H23N3O3. The van der Waals surface area contributed by atoms with Gasteiger partial charge in [-0.05, 0) is 23.1 Å². The smallest absolute Gasteiger partial charge is 0.328 e. The Balaban J connectivity index is 2.07. The predicted octanol–water partition coefficient (Wildman–Crippen LogP) is 3.45. The van der Waals surface area contributed by atoms with Crippen molar-refractivity contribution in [2.75, 3.05) is 11.9 Å². The van der Waals surface area contributed by atoms with Crippen LogP contribution in [0, 0.1) is 0 Å². The van der Waals surface area contributed by atoms with Crippen LogP contribution in [0.4, 0.5) is 5.82 Å². The maximum atomic E-state index is 11.3. The van der Waals surface area contributed by atoms with Crippen molar-refractivity contribution in [2.45, 2.75) is 32.2 Å². The Morgan fingerprint density at radius 3 is 2.33 bits per heavy atom. The lowest BCUT2D eigenvalue weighted by molar-refractivity contribution is -0.138. The molecule has 2 aromatic carbocycles. The van der Waals surface area contributed by atoms with Crippen molar-refractivity contribution in [3.05, 3.63) is 54.1 Å². The third-order valence-corrected chi connectivity index (χ3v) is 4.40. The quantitative estimate of drug-likeness (QED) is 0.641. The summed E-state index contributed by atoms with van der Waals surface area (Å²) in [7, 11) is 0. The van der Waals surface area contributed by atoms with Crippen molar-refractivity contribution in [2.24, 2.45) is 0 Å². The average molecular weight is 365 g/mol. The first-order valence-electron chi connectivity index (χ1n) is 8.77. The molecule has 0 saturated heterocycles. The van der Waals surface area contributed by atoms with E-state index in [2.05, 4.69) is 48.2 Å². The molecule has 0 aliphatic rings. The Morgan fingerprint density at radius 2 is 1.74 bits per heavy atom. The molecule has 0 aliphatic carbocycles. The number of rotatable bonds is 5. The summed E-state index contributed by atoms with van der Waals surface area (Å²) in [5.74, 6) is -0.257. The minimum absolute atomic E-state index is 0.0469. The molecule has 3 rings (SSSR count). The monoisotopic (exact) mass is 365 g/mol. The average Bonchev–Trinajstić information content (AvgIpc) is 2.65. The lowest BCUT2D eigenvalue weighted by Crippen LogP contribution is -2.33. The van der Waals surface area contributed by atoms with Crippen LogP contribution in [0.15, 0.2) is 48.5 Å². The van der Waals surface area contributed by atoms with Crippen LogP contribution < -0.4 is 5.32 Å². The standard InChI is InChI=1S/C21H23N3O3/c1-21(2,3)14-10-8-13(9-11-14)18-22-16-7-5-4-6-15(16)19(24-18)23-17(12-25)20(26)27/h4-11,17,25H,12H2,1-3H3,(H,26,27)(H,22,23,24)/t17-/m0/s1. The van der Waals surface area contributed by atoms with E-state index in [1.54, 1.807) is 0 Å².